The van der Waals surface area contributed by atoms with E-state index in [1.165, 1.54) is 28.9 Å². The van der Waals surface area contributed by atoms with Crippen molar-refractivity contribution in [2.45, 2.75) is 19.4 Å². The van der Waals surface area contributed by atoms with Crippen molar-refractivity contribution in [1.82, 2.24) is 5.32 Å². The Morgan fingerprint density at radius 3 is 2.43 bits per heavy atom. The molecule has 0 aliphatic carbocycles. The molecule has 0 saturated carbocycles. The summed E-state index contributed by atoms with van der Waals surface area (Å²) in [4.78, 5) is 14.5. The summed E-state index contributed by atoms with van der Waals surface area (Å²) in [6.45, 7) is 2.44. The molecule has 1 aliphatic rings. The van der Waals surface area contributed by atoms with E-state index in [0.717, 1.165) is 25.1 Å². The van der Waals surface area contributed by atoms with Crippen molar-refractivity contribution >= 4 is 11.6 Å². The fraction of sp³-hybridized carbons (Fsp3) is 0.208. The predicted molar refractivity (Wildman–Crippen MR) is 110 cm³/mol. The standard InChI is InChI=1S/C24H23FN2O/c25-23-8-4-3-7-22(23)24(28)26-15-13-18-9-11-21(12-10-18)27-16-14-19-5-1-2-6-20(19)17-27/h1-12H,13-17H2,(H,26,28). The Bertz CT molecular complexity index is 968. The summed E-state index contributed by atoms with van der Waals surface area (Å²) in [5.74, 6) is -0.867. The van der Waals surface area contributed by atoms with Crippen molar-refractivity contribution in [3.8, 4) is 0 Å². The van der Waals surface area contributed by atoms with Gasteiger partial charge in [-0.15, -0.1) is 0 Å². The average Bonchev–Trinajstić information content (AvgIpc) is 2.74. The van der Waals surface area contributed by atoms with Crippen LogP contribution in [0, 0.1) is 5.82 Å². The highest BCUT2D eigenvalue weighted by Gasteiger charge is 2.16. The number of carbonyl (C=O) groups excluding carboxylic acids is 1. The number of fused-ring (bicyclic) bond motifs is 1. The van der Waals surface area contributed by atoms with E-state index >= 15 is 0 Å². The summed E-state index contributed by atoms with van der Waals surface area (Å²) < 4.78 is 13.6. The largest absolute Gasteiger partial charge is 0.367 e. The maximum absolute atomic E-state index is 13.6. The first-order chi connectivity index (χ1) is 13.7. The van der Waals surface area contributed by atoms with Crippen molar-refractivity contribution in [3.05, 3.63) is 101 Å². The Hall–Kier alpha value is -3.14. The quantitative estimate of drug-likeness (QED) is 0.720. The van der Waals surface area contributed by atoms with Gasteiger partial charge in [0.05, 0.1) is 5.56 Å². The van der Waals surface area contributed by atoms with Gasteiger partial charge >= 0.3 is 0 Å². The minimum Gasteiger partial charge on any atom is -0.367 e. The molecule has 4 rings (SSSR count). The van der Waals surface area contributed by atoms with Gasteiger partial charge < -0.3 is 10.2 Å². The Morgan fingerprint density at radius 2 is 1.64 bits per heavy atom. The molecule has 0 unspecified atom stereocenters. The van der Waals surface area contributed by atoms with Crippen molar-refractivity contribution in [3.63, 3.8) is 0 Å². The van der Waals surface area contributed by atoms with E-state index < -0.39 is 5.82 Å². The van der Waals surface area contributed by atoms with Gasteiger partial charge in [-0.2, -0.15) is 0 Å². The molecule has 142 valence electrons. The van der Waals surface area contributed by atoms with Crippen LogP contribution in [-0.4, -0.2) is 19.0 Å². The monoisotopic (exact) mass is 374 g/mol. The van der Waals surface area contributed by atoms with Crippen molar-refractivity contribution in [2.75, 3.05) is 18.0 Å². The van der Waals surface area contributed by atoms with Crippen LogP contribution in [0.1, 0.15) is 27.0 Å². The molecule has 3 nitrogen and oxygen atoms in total. The zero-order chi connectivity index (χ0) is 19.3. The lowest BCUT2D eigenvalue weighted by Gasteiger charge is -2.30. The molecule has 1 amide bonds. The van der Waals surface area contributed by atoms with Crippen molar-refractivity contribution in [1.29, 1.82) is 0 Å². The van der Waals surface area contributed by atoms with Crippen LogP contribution >= 0.6 is 0 Å². The second kappa shape index (κ2) is 8.26. The number of rotatable bonds is 5. The first-order valence-electron chi connectivity index (χ1n) is 9.64. The fourth-order valence-electron chi connectivity index (χ4n) is 3.65. The maximum Gasteiger partial charge on any atom is 0.254 e. The molecular formula is C24H23FN2O. The minimum absolute atomic E-state index is 0.0863. The van der Waals surface area contributed by atoms with Gasteiger partial charge in [0.2, 0.25) is 0 Å². The summed E-state index contributed by atoms with van der Waals surface area (Å²) >= 11 is 0. The molecule has 1 heterocycles. The molecule has 28 heavy (non-hydrogen) atoms. The van der Waals surface area contributed by atoms with E-state index in [9.17, 15) is 9.18 Å². The van der Waals surface area contributed by atoms with E-state index in [1.807, 2.05) is 0 Å². The molecular weight excluding hydrogens is 351 g/mol. The maximum atomic E-state index is 13.6. The molecule has 3 aromatic carbocycles. The second-order valence-electron chi connectivity index (χ2n) is 7.09. The predicted octanol–water partition coefficient (Wildman–Crippen LogP) is 4.36. The zero-order valence-corrected chi connectivity index (χ0v) is 15.7. The average molecular weight is 374 g/mol. The van der Waals surface area contributed by atoms with Gasteiger partial charge in [0, 0.05) is 25.3 Å². The van der Waals surface area contributed by atoms with Gasteiger partial charge in [-0.05, 0) is 53.8 Å². The van der Waals surface area contributed by atoms with Crippen LogP contribution in [-0.2, 0) is 19.4 Å². The number of nitrogens with one attached hydrogen (secondary N) is 1. The number of carbonyl (C=O) groups is 1. The molecule has 0 saturated heterocycles. The lowest BCUT2D eigenvalue weighted by Crippen LogP contribution is -2.30. The van der Waals surface area contributed by atoms with Crippen LogP contribution in [0.4, 0.5) is 10.1 Å². The first kappa shape index (κ1) is 18.2. The first-order valence-corrected chi connectivity index (χ1v) is 9.64. The Balaban J connectivity index is 1.32. The molecule has 0 fully saturated rings. The summed E-state index contributed by atoms with van der Waals surface area (Å²) in [5, 5.41) is 2.79. The third kappa shape index (κ3) is 4.06. The zero-order valence-electron chi connectivity index (χ0n) is 15.7. The number of hydrogen-bond acceptors (Lipinski definition) is 2. The Kier molecular flexibility index (Phi) is 5.38. The highest BCUT2D eigenvalue weighted by atomic mass is 19.1. The van der Waals surface area contributed by atoms with Gasteiger partial charge in [-0.25, -0.2) is 4.39 Å². The highest BCUT2D eigenvalue weighted by Crippen LogP contribution is 2.24. The van der Waals surface area contributed by atoms with Crippen LogP contribution < -0.4 is 10.2 Å². The van der Waals surface area contributed by atoms with Gasteiger partial charge in [-0.1, -0.05) is 48.5 Å². The topological polar surface area (TPSA) is 32.3 Å². The SMILES string of the molecule is O=C(NCCc1ccc(N2CCc3ccccc3C2)cc1)c1ccccc1F. The third-order valence-electron chi connectivity index (χ3n) is 5.25. The fourth-order valence-corrected chi connectivity index (χ4v) is 3.65. The van der Waals surface area contributed by atoms with Gasteiger partial charge in [0.15, 0.2) is 0 Å². The van der Waals surface area contributed by atoms with E-state index in [-0.39, 0.29) is 11.5 Å². The van der Waals surface area contributed by atoms with Crippen molar-refractivity contribution < 1.29 is 9.18 Å². The Morgan fingerprint density at radius 1 is 0.929 bits per heavy atom. The molecule has 3 aromatic rings. The van der Waals surface area contributed by atoms with Crippen LogP contribution in [0.2, 0.25) is 0 Å². The molecule has 0 spiro atoms. The normalized spacial score (nSPS) is 13.1. The van der Waals surface area contributed by atoms with Gasteiger partial charge in [-0.3, -0.25) is 4.79 Å². The van der Waals surface area contributed by atoms with E-state index in [1.54, 1.807) is 12.1 Å². The third-order valence-corrected chi connectivity index (χ3v) is 5.25. The van der Waals surface area contributed by atoms with Crippen molar-refractivity contribution in [2.24, 2.45) is 0 Å². The van der Waals surface area contributed by atoms with Gasteiger partial charge in [0.25, 0.3) is 5.91 Å². The molecule has 0 radical (unpaired) electrons. The number of halogens is 1. The highest BCUT2D eigenvalue weighted by molar-refractivity contribution is 5.94. The number of hydrogen-bond donors (Lipinski definition) is 1. The van der Waals surface area contributed by atoms with Crippen LogP contribution in [0.3, 0.4) is 0 Å². The van der Waals surface area contributed by atoms with Gasteiger partial charge in [0.1, 0.15) is 5.82 Å². The Labute approximate surface area is 164 Å². The molecule has 0 atom stereocenters. The second-order valence-corrected chi connectivity index (χ2v) is 7.09. The summed E-state index contributed by atoms with van der Waals surface area (Å²) in [6.07, 6.45) is 1.78. The molecule has 1 aliphatic heterocycles. The molecule has 0 aromatic heterocycles. The summed E-state index contributed by atoms with van der Waals surface area (Å²) in [6, 6.07) is 23.1. The number of anilines is 1. The number of nitrogens with zero attached hydrogens (tertiary/aromatic N) is 1. The number of benzene rings is 3. The minimum atomic E-state index is -0.493. The van der Waals surface area contributed by atoms with Crippen LogP contribution in [0.15, 0.2) is 72.8 Å². The lowest BCUT2D eigenvalue weighted by molar-refractivity contribution is 0.0950. The smallest absolute Gasteiger partial charge is 0.254 e. The van der Waals surface area contributed by atoms with E-state index in [0.29, 0.717) is 13.0 Å². The van der Waals surface area contributed by atoms with E-state index in [4.69, 9.17) is 0 Å². The molecule has 1 N–H and O–H groups in total. The summed E-state index contributed by atoms with van der Waals surface area (Å²) in [7, 11) is 0. The van der Waals surface area contributed by atoms with Crippen LogP contribution in [0.25, 0.3) is 0 Å². The lowest BCUT2D eigenvalue weighted by atomic mass is 9.99. The van der Waals surface area contributed by atoms with E-state index in [2.05, 4.69) is 58.7 Å². The molecule has 0 bridgehead atoms. The number of amides is 1. The molecule has 4 heteroatoms. The summed E-state index contributed by atoms with van der Waals surface area (Å²) in [5.41, 5.74) is 5.29. The van der Waals surface area contributed by atoms with Crippen LogP contribution in [0.5, 0.6) is 0 Å².